The predicted molar refractivity (Wildman–Crippen MR) is 109 cm³/mol. The molecule has 0 bridgehead atoms. The quantitative estimate of drug-likeness (QED) is 0.642. The average Bonchev–Trinajstić information content (AvgIpc) is 2.66. The van der Waals surface area contributed by atoms with Crippen molar-refractivity contribution in [2.75, 3.05) is 19.7 Å². The summed E-state index contributed by atoms with van der Waals surface area (Å²) in [5.74, 6) is -0.712. The van der Waals surface area contributed by atoms with Gasteiger partial charge in [-0.2, -0.15) is 0 Å². The van der Waals surface area contributed by atoms with Gasteiger partial charge in [0.05, 0.1) is 18.2 Å². The van der Waals surface area contributed by atoms with Crippen LogP contribution in [0.15, 0.2) is 42.5 Å². The molecule has 1 fully saturated rings. The molecule has 162 valence electrons. The van der Waals surface area contributed by atoms with Crippen LogP contribution in [0, 0.1) is 11.6 Å². The molecule has 1 aliphatic rings. The minimum atomic E-state index is -0.783. The second-order valence-corrected chi connectivity index (χ2v) is 8.41. The third kappa shape index (κ3) is 5.83. The first-order valence-electron chi connectivity index (χ1n) is 9.59. The monoisotopic (exact) mass is 439 g/mol. The van der Waals surface area contributed by atoms with Crippen molar-refractivity contribution in [3.05, 3.63) is 64.7 Å². The Morgan fingerprint density at radius 1 is 1.20 bits per heavy atom. The lowest BCUT2D eigenvalue weighted by molar-refractivity contribution is -0.0837. The maximum Gasteiger partial charge on any atom is 0.410 e. The Bertz CT molecular complexity index is 903. The Kier molecular flexibility index (Phi) is 6.83. The Labute approximate surface area is 179 Å². The van der Waals surface area contributed by atoms with Gasteiger partial charge < -0.3 is 19.1 Å². The van der Waals surface area contributed by atoms with Crippen molar-refractivity contribution in [3.8, 4) is 5.75 Å². The van der Waals surface area contributed by atoms with E-state index < -0.39 is 35.5 Å². The molecule has 1 heterocycles. The lowest BCUT2D eigenvalue weighted by Crippen LogP contribution is -2.50. The summed E-state index contributed by atoms with van der Waals surface area (Å²) in [5.41, 5.74) is -0.128. The Morgan fingerprint density at radius 2 is 1.93 bits per heavy atom. The van der Waals surface area contributed by atoms with Crippen LogP contribution in [-0.2, 0) is 9.47 Å². The molecule has 8 heteroatoms. The van der Waals surface area contributed by atoms with E-state index in [1.807, 2.05) is 0 Å². The number of halogens is 3. The molecule has 3 rings (SSSR count). The van der Waals surface area contributed by atoms with Gasteiger partial charge in [0.15, 0.2) is 6.10 Å². The molecule has 2 aromatic rings. The third-order valence-corrected chi connectivity index (χ3v) is 4.70. The molecule has 0 spiro atoms. The minimum absolute atomic E-state index is 0.0798. The van der Waals surface area contributed by atoms with E-state index in [4.69, 9.17) is 25.8 Å². The standard InChI is InChI=1S/C22H24ClF2NO4/c1-22(2,3)30-21(27)26-9-10-28-19(13-26)20(14-5-4-6-15(24)11-14)29-18-8-7-16(25)12-17(18)23/h4-8,11-12,19-20H,9-10,13H2,1-3H3/t19-,20?/m0/s1. The van der Waals surface area contributed by atoms with Crippen molar-refractivity contribution in [3.63, 3.8) is 0 Å². The first-order chi connectivity index (χ1) is 14.1. The fourth-order valence-electron chi connectivity index (χ4n) is 3.10. The average molecular weight is 440 g/mol. The van der Waals surface area contributed by atoms with Gasteiger partial charge in [-0.1, -0.05) is 23.7 Å². The van der Waals surface area contributed by atoms with Crippen molar-refractivity contribution in [2.45, 2.75) is 38.6 Å². The molecule has 2 aromatic carbocycles. The van der Waals surface area contributed by atoms with Crippen molar-refractivity contribution in [1.82, 2.24) is 4.90 Å². The number of nitrogens with zero attached hydrogens (tertiary/aromatic N) is 1. The molecule has 30 heavy (non-hydrogen) atoms. The fraction of sp³-hybridized carbons (Fsp3) is 0.409. The maximum absolute atomic E-state index is 13.9. The Hall–Kier alpha value is -2.38. The van der Waals surface area contributed by atoms with Gasteiger partial charge in [-0.25, -0.2) is 13.6 Å². The molecular weight excluding hydrogens is 416 g/mol. The molecule has 5 nitrogen and oxygen atoms in total. The number of ether oxygens (including phenoxy) is 3. The van der Waals surface area contributed by atoms with Crippen LogP contribution in [0.3, 0.4) is 0 Å². The van der Waals surface area contributed by atoms with Gasteiger partial charge in [0, 0.05) is 6.54 Å². The second kappa shape index (κ2) is 9.18. The molecule has 1 unspecified atom stereocenters. The minimum Gasteiger partial charge on any atom is -0.481 e. The Morgan fingerprint density at radius 3 is 2.60 bits per heavy atom. The molecule has 1 saturated heterocycles. The Balaban J connectivity index is 1.86. The molecule has 1 aliphatic heterocycles. The number of hydrogen-bond donors (Lipinski definition) is 0. The summed E-state index contributed by atoms with van der Waals surface area (Å²) >= 11 is 6.12. The van der Waals surface area contributed by atoms with Crippen molar-refractivity contribution in [2.24, 2.45) is 0 Å². The number of hydrogen-bond acceptors (Lipinski definition) is 4. The lowest BCUT2D eigenvalue weighted by Gasteiger charge is -2.37. The molecule has 0 aromatic heterocycles. The van der Waals surface area contributed by atoms with Gasteiger partial charge in [-0.05, 0) is 56.7 Å². The third-order valence-electron chi connectivity index (χ3n) is 4.41. The van der Waals surface area contributed by atoms with E-state index in [1.54, 1.807) is 32.9 Å². The normalized spacial score (nSPS) is 18.1. The number of amides is 1. The highest BCUT2D eigenvalue weighted by atomic mass is 35.5. The van der Waals surface area contributed by atoms with Gasteiger partial charge in [0.2, 0.25) is 0 Å². The van der Waals surface area contributed by atoms with E-state index in [9.17, 15) is 13.6 Å². The van der Waals surface area contributed by atoms with Crippen LogP contribution in [0.4, 0.5) is 13.6 Å². The fourth-order valence-corrected chi connectivity index (χ4v) is 3.31. The van der Waals surface area contributed by atoms with Crippen LogP contribution in [-0.4, -0.2) is 42.4 Å². The highest BCUT2D eigenvalue weighted by Gasteiger charge is 2.35. The van der Waals surface area contributed by atoms with E-state index in [0.717, 1.165) is 6.07 Å². The van der Waals surface area contributed by atoms with E-state index >= 15 is 0 Å². The van der Waals surface area contributed by atoms with Crippen LogP contribution >= 0.6 is 11.6 Å². The molecule has 1 amide bonds. The zero-order valence-corrected chi connectivity index (χ0v) is 17.8. The number of carbonyl (C=O) groups excluding carboxylic acids is 1. The van der Waals surface area contributed by atoms with Crippen LogP contribution in [0.2, 0.25) is 5.02 Å². The van der Waals surface area contributed by atoms with Gasteiger partial charge >= 0.3 is 6.09 Å². The zero-order valence-electron chi connectivity index (χ0n) is 17.0. The van der Waals surface area contributed by atoms with Gasteiger partial charge in [0.25, 0.3) is 0 Å². The number of rotatable bonds is 4. The van der Waals surface area contributed by atoms with Gasteiger partial charge in [-0.15, -0.1) is 0 Å². The van der Waals surface area contributed by atoms with Crippen molar-refractivity contribution in [1.29, 1.82) is 0 Å². The first-order valence-corrected chi connectivity index (χ1v) is 9.97. The molecular formula is C22H24ClF2NO4. The smallest absolute Gasteiger partial charge is 0.410 e. The maximum atomic E-state index is 13.9. The molecule has 0 saturated carbocycles. The molecule has 0 N–H and O–H groups in total. The zero-order chi connectivity index (χ0) is 21.9. The van der Waals surface area contributed by atoms with E-state index in [0.29, 0.717) is 12.1 Å². The largest absolute Gasteiger partial charge is 0.481 e. The summed E-state index contributed by atoms with van der Waals surface area (Å²) in [6.07, 6.45) is -1.86. The van der Waals surface area contributed by atoms with Gasteiger partial charge in [0.1, 0.15) is 29.1 Å². The number of carbonyl (C=O) groups is 1. The molecule has 0 radical (unpaired) electrons. The molecule has 2 atom stereocenters. The summed E-state index contributed by atoms with van der Waals surface area (Å²) in [7, 11) is 0. The topological polar surface area (TPSA) is 48.0 Å². The highest BCUT2D eigenvalue weighted by Crippen LogP contribution is 2.33. The molecule has 0 aliphatic carbocycles. The van der Waals surface area contributed by atoms with Crippen LogP contribution in [0.25, 0.3) is 0 Å². The van der Waals surface area contributed by atoms with E-state index in [2.05, 4.69) is 0 Å². The first kappa shape index (κ1) is 22.3. The predicted octanol–water partition coefficient (Wildman–Crippen LogP) is 5.37. The van der Waals surface area contributed by atoms with Gasteiger partial charge in [-0.3, -0.25) is 0 Å². The summed E-state index contributed by atoms with van der Waals surface area (Å²) in [5, 5.41) is 0.0798. The van der Waals surface area contributed by atoms with Crippen LogP contribution in [0.5, 0.6) is 5.75 Å². The second-order valence-electron chi connectivity index (χ2n) is 8.00. The van der Waals surface area contributed by atoms with E-state index in [1.165, 1.54) is 29.2 Å². The number of morpholine rings is 1. The highest BCUT2D eigenvalue weighted by molar-refractivity contribution is 6.32. The van der Waals surface area contributed by atoms with Crippen LogP contribution < -0.4 is 4.74 Å². The summed E-state index contributed by atoms with van der Waals surface area (Å²) in [6.45, 7) is 6.16. The summed E-state index contributed by atoms with van der Waals surface area (Å²) in [6, 6.07) is 9.66. The summed E-state index contributed by atoms with van der Waals surface area (Å²) < 4.78 is 44.7. The van der Waals surface area contributed by atoms with E-state index in [-0.39, 0.29) is 23.9 Å². The van der Waals surface area contributed by atoms with Crippen molar-refractivity contribution >= 4 is 17.7 Å². The lowest BCUT2D eigenvalue weighted by atomic mass is 10.0. The SMILES string of the molecule is CC(C)(C)OC(=O)N1CCO[C@H](C(Oc2ccc(F)cc2Cl)c2cccc(F)c2)C1. The summed E-state index contributed by atoms with van der Waals surface area (Å²) in [4.78, 5) is 14.0. The number of benzene rings is 2. The van der Waals surface area contributed by atoms with Crippen LogP contribution in [0.1, 0.15) is 32.4 Å². The van der Waals surface area contributed by atoms with Crippen molar-refractivity contribution < 1.29 is 27.8 Å².